The Morgan fingerprint density at radius 3 is 2.94 bits per heavy atom. The Morgan fingerprint density at radius 2 is 2.25 bits per heavy atom. The van der Waals surface area contributed by atoms with Gasteiger partial charge in [-0.1, -0.05) is 0 Å². The minimum absolute atomic E-state index is 0.0329. The molecular weight excluding hydrogens is 209 g/mol. The van der Waals surface area contributed by atoms with Crippen molar-refractivity contribution in [1.29, 1.82) is 0 Å². The average Bonchev–Trinajstić information content (AvgIpc) is 2.22. The van der Waals surface area contributed by atoms with Crippen LogP contribution in [-0.2, 0) is 0 Å². The van der Waals surface area contributed by atoms with E-state index in [9.17, 15) is 9.18 Å². The molecule has 0 saturated heterocycles. The molecule has 0 aromatic heterocycles. The molecule has 16 heavy (non-hydrogen) atoms. The molecule has 0 aliphatic carbocycles. The van der Waals surface area contributed by atoms with Crippen molar-refractivity contribution in [3.05, 3.63) is 29.6 Å². The molecule has 0 radical (unpaired) electrons. The summed E-state index contributed by atoms with van der Waals surface area (Å²) in [6.45, 7) is 0.991. The van der Waals surface area contributed by atoms with Crippen molar-refractivity contribution < 1.29 is 13.9 Å². The monoisotopic (exact) mass is 223 g/mol. The van der Waals surface area contributed by atoms with Crippen LogP contribution in [0.3, 0.4) is 0 Å². The van der Waals surface area contributed by atoms with Crippen molar-refractivity contribution in [2.24, 2.45) is 5.92 Å². The van der Waals surface area contributed by atoms with Crippen LogP contribution in [0.4, 0.5) is 4.39 Å². The topological polar surface area (TPSA) is 29.5 Å². The first-order valence-electron chi connectivity index (χ1n) is 5.19. The van der Waals surface area contributed by atoms with Crippen LogP contribution >= 0.6 is 0 Å². The molecule has 4 heteroatoms. The summed E-state index contributed by atoms with van der Waals surface area (Å²) in [5.74, 6) is -0.152. The summed E-state index contributed by atoms with van der Waals surface area (Å²) in [6.07, 6.45) is 0. The van der Waals surface area contributed by atoms with Crippen molar-refractivity contribution in [1.82, 2.24) is 4.90 Å². The second-order valence-corrected chi connectivity index (χ2v) is 4.27. The van der Waals surface area contributed by atoms with Gasteiger partial charge in [0.1, 0.15) is 11.6 Å². The third-order valence-electron chi connectivity index (χ3n) is 2.60. The number of hydrogen-bond acceptors (Lipinski definition) is 3. The number of ether oxygens (including phenoxy) is 1. The van der Waals surface area contributed by atoms with E-state index in [2.05, 4.69) is 0 Å². The Labute approximate surface area is 93.8 Å². The fourth-order valence-corrected chi connectivity index (χ4v) is 1.88. The molecule has 1 aromatic rings. The van der Waals surface area contributed by atoms with Crippen LogP contribution in [0, 0.1) is 11.7 Å². The van der Waals surface area contributed by atoms with E-state index in [-0.39, 0.29) is 11.7 Å². The van der Waals surface area contributed by atoms with Crippen LogP contribution in [0.25, 0.3) is 0 Å². The predicted molar refractivity (Wildman–Crippen MR) is 58.3 cm³/mol. The maximum absolute atomic E-state index is 13.0. The predicted octanol–water partition coefficient (Wildman–Crippen LogP) is 1.58. The highest BCUT2D eigenvalue weighted by molar-refractivity contribution is 6.01. The third-order valence-corrected chi connectivity index (χ3v) is 2.60. The zero-order valence-corrected chi connectivity index (χ0v) is 9.37. The van der Waals surface area contributed by atoms with Gasteiger partial charge in [0.15, 0.2) is 5.78 Å². The highest BCUT2D eigenvalue weighted by Crippen LogP contribution is 2.28. The Bertz CT molecular complexity index is 417. The summed E-state index contributed by atoms with van der Waals surface area (Å²) in [5, 5.41) is 0. The maximum atomic E-state index is 13.0. The molecule has 0 N–H and O–H groups in total. The minimum atomic E-state index is -0.402. The Hall–Kier alpha value is -1.42. The van der Waals surface area contributed by atoms with E-state index in [1.54, 1.807) is 0 Å². The van der Waals surface area contributed by atoms with Crippen molar-refractivity contribution >= 4 is 5.78 Å². The summed E-state index contributed by atoms with van der Waals surface area (Å²) < 4.78 is 18.5. The lowest BCUT2D eigenvalue weighted by Crippen LogP contribution is -2.35. The molecule has 3 nitrogen and oxygen atoms in total. The quantitative estimate of drug-likeness (QED) is 0.762. The lowest BCUT2D eigenvalue weighted by molar-refractivity contribution is 0.0795. The first kappa shape index (κ1) is 11.1. The van der Waals surface area contributed by atoms with Gasteiger partial charge in [-0.15, -0.1) is 0 Å². The fraction of sp³-hybridized carbons (Fsp3) is 0.417. The zero-order valence-electron chi connectivity index (χ0n) is 9.37. The van der Waals surface area contributed by atoms with Crippen LogP contribution < -0.4 is 4.74 Å². The third kappa shape index (κ3) is 2.07. The lowest BCUT2D eigenvalue weighted by atomic mass is 9.94. The minimum Gasteiger partial charge on any atom is -0.492 e. The zero-order chi connectivity index (χ0) is 11.7. The van der Waals surface area contributed by atoms with E-state index < -0.39 is 5.82 Å². The van der Waals surface area contributed by atoms with Gasteiger partial charge in [0.2, 0.25) is 0 Å². The Balaban J connectivity index is 2.27. The van der Waals surface area contributed by atoms with Gasteiger partial charge < -0.3 is 9.64 Å². The molecule has 0 fully saturated rings. The number of Topliss-reactive ketones (excluding diaryl/α,β-unsaturated/α-hetero) is 1. The number of rotatable bonds is 2. The van der Waals surface area contributed by atoms with Crippen molar-refractivity contribution in [3.63, 3.8) is 0 Å². The van der Waals surface area contributed by atoms with Crippen LogP contribution in [0.5, 0.6) is 5.75 Å². The lowest BCUT2D eigenvalue weighted by Gasteiger charge is -2.26. The number of benzene rings is 1. The molecule has 0 amide bonds. The molecule has 1 aromatic carbocycles. The summed E-state index contributed by atoms with van der Waals surface area (Å²) in [5.41, 5.74) is 0.359. The van der Waals surface area contributed by atoms with Gasteiger partial charge in [-0.05, 0) is 32.3 Å². The van der Waals surface area contributed by atoms with Gasteiger partial charge in [0.05, 0.1) is 18.1 Å². The summed E-state index contributed by atoms with van der Waals surface area (Å²) in [4.78, 5) is 14.0. The number of carbonyl (C=O) groups is 1. The van der Waals surface area contributed by atoms with E-state index in [0.29, 0.717) is 24.5 Å². The first-order valence-corrected chi connectivity index (χ1v) is 5.19. The summed E-state index contributed by atoms with van der Waals surface area (Å²) >= 11 is 0. The molecule has 2 rings (SSSR count). The van der Waals surface area contributed by atoms with Gasteiger partial charge in [-0.25, -0.2) is 4.39 Å². The van der Waals surface area contributed by atoms with Crippen LogP contribution in [0.2, 0.25) is 0 Å². The number of ketones is 1. The van der Waals surface area contributed by atoms with Gasteiger partial charge in [-0.3, -0.25) is 4.79 Å². The van der Waals surface area contributed by atoms with E-state index in [4.69, 9.17) is 4.74 Å². The van der Waals surface area contributed by atoms with Crippen LogP contribution in [0.15, 0.2) is 18.2 Å². The maximum Gasteiger partial charge on any atom is 0.174 e. The largest absolute Gasteiger partial charge is 0.492 e. The standard InChI is InChI=1S/C12H14FNO2/c1-14(2)6-8-7-16-11-4-3-9(13)5-10(11)12(8)15/h3-5,8H,6-7H2,1-2H3. The Morgan fingerprint density at radius 1 is 1.50 bits per heavy atom. The highest BCUT2D eigenvalue weighted by atomic mass is 19.1. The highest BCUT2D eigenvalue weighted by Gasteiger charge is 2.29. The van der Waals surface area contributed by atoms with Crippen LogP contribution in [0.1, 0.15) is 10.4 Å². The molecule has 1 aliphatic heterocycles. The molecule has 0 spiro atoms. The molecule has 0 bridgehead atoms. The van der Waals surface area contributed by atoms with Gasteiger partial charge >= 0.3 is 0 Å². The fourth-order valence-electron chi connectivity index (χ4n) is 1.88. The van der Waals surface area contributed by atoms with Gasteiger partial charge in [0.25, 0.3) is 0 Å². The molecule has 1 unspecified atom stereocenters. The van der Waals surface area contributed by atoms with Gasteiger partial charge in [-0.2, -0.15) is 0 Å². The smallest absolute Gasteiger partial charge is 0.174 e. The molecular formula is C12H14FNO2. The van der Waals surface area contributed by atoms with Crippen molar-refractivity contribution in [2.45, 2.75) is 0 Å². The second kappa shape index (κ2) is 4.22. The normalized spacial score (nSPS) is 19.5. The van der Waals surface area contributed by atoms with Gasteiger partial charge in [0, 0.05) is 6.54 Å². The number of fused-ring (bicyclic) bond motifs is 1. The van der Waals surface area contributed by atoms with E-state index >= 15 is 0 Å². The first-order chi connectivity index (χ1) is 7.58. The average molecular weight is 223 g/mol. The number of carbonyl (C=O) groups excluding carboxylic acids is 1. The summed E-state index contributed by atoms with van der Waals surface area (Å²) in [7, 11) is 3.79. The van der Waals surface area contributed by atoms with E-state index in [1.807, 2.05) is 19.0 Å². The number of nitrogens with zero attached hydrogens (tertiary/aromatic N) is 1. The molecule has 0 saturated carbocycles. The molecule has 1 heterocycles. The molecule has 1 atom stereocenters. The molecule has 1 aliphatic rings. The number of halogens is 1. The molecule has 86 valence electrons. The van der Waals surface area contributed by atoms with Crippen molar-refractivity contribution in [3.8, 4) is 5.75 Å². The summed E-state index contributed by atoms with van der Waals surface area (Å²) in [6, 6.07) is 4.06. The second-order valence-electron chi connectivity index (χ2n) is 4.27. The SMILES string of the molecule is CN(C)CC1COc2ccc(F)cc2C1=O. The Kier molecular flexibility index (Phi) is 2.92. The number of hydrogen-bond donors (Lipinski definition) is 0. The van der Waals surface area contributed by atoms with E-state index in [1.165, 1.54) is 18.2 Å². The van der Waals surface area contributed by atoms with E-state index in [0.717, 1.165) is 0 Å². The van der Waals surface area contributed by atoms with Crippen molar-refractivity contribution in [2.75, 3.05) is 27.2 Å². The van der Waals surface area contributed by atoms with Crippen LogP contribution in [-0.4, -0.2) is 37.9 Å².